The quantitative estimate of drug-likeness (QED) is 0.912. The second-order valence-corrected chi connectivity index (χ2v) is 4.27. The minimum Gasteiger partial charge on any atom is -0.448 e. The van der Waals surface area contributed by atoms with Gasteiger partial charge in [0.1, 0.15) is 5.76 Å². The molecule has 104 valence electrons. The van der Waals surface area contributed by atoms with Gasteiger partial charge in [-0.15, -0.1) is 0 Å². The Morgan fingerprint density at radius 3 is 2.80 bits per heavy atom. The lowest BCUT2D eigenvalue weighted by molar-refractivity contribution is 0.262. The molecule has 2 atom stereocenters. The van der Waals surface area contributed by atoms with E-state index in [1.165, 1.54) is 24.7 Å². The molecule has 1 aromatic carbocycles. The lowest BCUT2D eigenvalue weighted by atomic mass is 9.83. The second kappa shape index (κ2) is 6.26. The first kappa shape index (κ1) is 14.2. The van der Waals surface area contributed by atoms with E-state index in [-0.39, 0.29) is 18.6 Å². The average Bonchev–Trinajstić information content (AvgIpc) is 2.97. The fourth-order valence-corrected chi connectivity index (χ4v) is 2.16. The van der Waals surface area contributed by atoms with Crippen LogP contribution in [0.5, 0.6) is 0 Å². The molecule has 0 saturated heterocycles. The van der Waals surface area contributed by atoms with E-state index in [1.54, 1.807) is 0 Å². The van der Waals surface area contributed by atoms with Gasteiger partial charge in [-0.2, -0.15) is 5.26 Å². The molecule has 0 amide bonds. The van der Waals surface area contributed by atoms with Gasteiger partial charge in [0, 0.05) is 18.1 Å². The number of aliphatic hydroxyl groups excluding tert-OH is 1. The maximum absolute atomic E-state index is 13.8. The summed E-state index contributed by atoms with van der Waals surface area (Å²) in [6.07, 6.45) is 2.78. The Kier molecular flexibility index (Phi) is 4.43. The van der Waals surface area contributed by atoms with Crippen LogP contribution in [0.4, 0.5) is 8.78 Å². The third-order valence-electron chi connectivity index (χ3n) is 3.11. The molecular weight excluding hydrogens is 266 g/mol. The predicted molar refractivity (Wildman–Crippen MR) is 65.7 cm³/mol. The van der Waals surface area contributed by atoms with E-state index in [0.29, 0.717) is 5.76 Å². The van der Waals surface area contributed by atoms with Gasteiger partial charge in [0.25, 0.3) is 0 Å². The number of hydrogen-bond acceptors (Lipinski definition) is 4. The molecule has 0 bridgehead atoms. The Morgan fingerprint density at radius 1 is 1.40 bits per heavy atom. The van der Waals surface area contributed by atoms with Crippen molar-refractivity contribution in [2.24, 2.45) is 0 Å². The Bertz CT molecular complexity index is 608. The minimum absolute atomic E-state index is 0.0534. The van der Waals surface area contributed by atoms with E-state index in [1.807, 2.05) is 6.07 Å². The van der Waals surface area contributed by atoms with Crippen LogP contribution in [0.15, 0.2) is 35.2 Å². The highest BCUT2D eigenvalue weighted by atomic mass is 19.2. The van der Waals surface area contributed by atoms with Crippen LogP contribution in [0.2, 0.25) is 0 Å². The summed E-state index contributed by atoms with van der Waals surface area (Å²) in [5.41, 5.74) is -0.0534. The summed E-state index contributed by atoms with van der Waals surface area (Å²) in [5.74, 6) is -3.27. The highest BCUT2D eigenvalue weighted by Gasteiger charge is 2.30. The predicted octanol–water partition coefficient (Wildman–Crippen LogP) is 2.73. The maximum atomic E-state index is 13.8. The van der Waals surface area contributed by atoms with Crippen LogP contribution in [0.25, 0.3) is 0 Å². The molecule has 0 spiro atoms. The molecule has 2 aromatic rings. The van der Waals surface area contributed by atoms with E-state index in [0.717, 1.165) is 6.07 Å². The number of nitrogens with zero attached hydrogens (tertiary/aromatic N) is 2. The molecule has 20 heavy (non-hydrogen) atoms. The summed E-state index contributed by atoms with van der Waals surface area (Å²) in [6.45, 7) is -0.208. The highest BCUT2D eigenvalue weighted by Crippen LogP contribution is 2.36. The number of aromatic nitrogens is 1. The Labute approximate surface area is 114 Å². The van der Waals surface area contributed by atoms with Crippen molar-refractivity contribution in [3.8, 4) is 6.07 Å². The maximum Gasteiger partial charge on any atom is 0.180 e. The molecule has 0 aliphatic rings. The summed E-state index contributed by atoms with van der Waals surface area (Å²) >= 11 is 0. The zero-order valence-electron chi connectivity index (χ0n) is 10.5. The van der Waals surface area contributed by atoms with Gasteiger partial charge in [-0.05, 0) is 12.5 Å². The first-order valence-corrected chi connectivity index (χ1v) is 6.01. The smallest absolute Gasteiger partial charge is 0.180 e. The van der Waals surface area contributed by atoms with Crippen LogP contribution in [0.1, 0.15) is 29.6 Å². The first-order valence-electron chi connectivity index (χ1n) is 6.01. The molecule has 1 N–H and O–H groups in total. The van der Waals surface area contributed by atoms with E-state index < -0.39 is 23.5 Å². The van der Waals surface area contributed by atoms with Crippen LogP contribution >= 0.6 is 0 Å². The van der Waals surface area contributed by atoms with Crippen molar-refractivity contribution in [3.63, 3.8) is 0 Å². The van der Waals surface area contributed by atoms with Gasteiger partial charge in [-0.25, -0.2) is 13.8 Å². The number of nitriles is 1. The van der Waals surface area contributed by atoms with E-state index in [2.05, 4.69) is 4.98 Å². The number of aliphatic hydroxyl groups is 1. The van der Waals surface area contributed by atoms with Crippen LogP contribution in [-0.4, -0.2) is 16.7 Å². The molecule has 0 aliphatic heterocycles. The molecule has 0 unspecified atom stereocenters. The molecule has 0 aliphatic carbocycles. The summed E-state index contributed by atoms with van der Waals surface area (Å²) in [4.78, 5) is 3.75. The molecule has 6 heteroatoms. The van der Waals surface area contributed by atoms with Crippen LogP contribution in [-0.2, 0) is 0 Å². The molecule has 0 fully saturated rings. The van der Waals surface area contributed by atoms with Gasteiger partial charge in [0.2, 0.25) is 0 Å². The zero-order chi connectivity index (χ0) is 14.5. The first-order chi connectivity index (χ1) is 9.69. The Morgan fingerprint density at radius 2 is 2.20 bits per heavy atom. The van der Waals surface area contributed by atoms with Gasteiger partial charge in [-0.1, -0.05) is 12.1 Å². The lowest BCUT2D eigenvalue weighted by Crippen LogP contribution is -2.13. The molecule has 0 saturated carbocycles. The van der Waals surface area contributed by atoms with Crippen LogP contribution in [0, 0.1) is 23.0 Å². The standard InChI is InChI=1S/C14H12F2N2O2/c15-12-3-1-2-10(14(12)16)11(6-17)9(4-5-19)13-7-18-8-20-13/h1-3,7-9,11,19H,4-5H2/t9-,11-/m1/s1. The SMILES string of the molecule is N#C[C@@H](c1cccc(F)c1F)[C@@H](CCO)c1cnco1. The largest absolute Gasteiger partial charge is 0.448 e. The van der Waals surface area contributed by atoms with Crippen molar-refractivity contribution in [2.75, 3.05) is 6.61 Å². The normalized spacial score (nSPS) is 13.7. The number of rotatable bonds is 5. The van der Waals surface area contributed by atoms with Gasteiger partial charge >= 0.3 is 0 Å². The molecule has 4 nitrogen and oxygen atoms in total. The van der Waals surface area contributed by atoms with Crippen molar-refractivity contribution in [1.29, 1.82) is 5.26 Å². The van der Waals surface area contributed by atoms with Gasteiger partial charge < -0.3 is 9.52 Å². The third-order valence-corrected chi connectivity index (χ3v) is 3.11. The van der Waals surface area contributed by atoms with Crippen LogP contribution < -0.4 is 0 Å². The van der Waals surface area contributed by atoms with Gasteiger partial charge in [0.05, 0.1) is 18.2 Å². The minimum atomic E-state index is -1.05. The van der Waals surface area contributed by atoms with Crippen molar-refractivity contribution < 1.29 is 18.3 Å². The second-order valence-electron chi connectivity index (χ2n) is 4.27. The summed E-state index contributed by atoms with van der Waals surface area (Å²) < 4.78 is 32.3. The monoisotopic (exact) mass is 278 g/mol. The Hall–Kier alpha value is -2.26. The van der Waals surface area contributed by atoms with E-state index in [9.17, 15) is 14.0 Å². The van der Waals surface area contributed by atoms with E-state index in [4.69, 9.17) is 9.52 Å². The lowest BCUT2D eigenvalue weighted by Gasteiger charge is -2.19. The number of halogens is 2. The topological polar surface area (TPSA) is 70.0 Å². The molecule has 1 aromatic heterocycles. The molecule has 0 radical (unpaired) electrons. The summed E-state index contributed by atoms with van der Waals surface area (Å²) in [7, 11) is 0. The van der Waals surface area contributed by atoms with E-state index >= 15 is 0 Å². The molecular formula is C14H12F2N2O2. The fourth-order valence-electron chi connectivity index (χ4n) is 2.16. The summed E-state index contributed by atoms with van der Waals surface area (Å²) in [6, 6.07) is 5.64. The van der Waals surface area contributed by atoms with Gasteiger partial charge in [-0.3, -0.25) is 0 Å². The van der Waals surface area contributed by atoms with Crippen molar-refractivity contribution >= 4 is 0 Å². The number of benzene rings is 1. The molecule has 2 rings (SSSR count). The van der Waals surface area contributed by atoms with Gasteiger partial charge in [0.15, 0.2) is 18.0 Å². The van der Waals surface area contributed by atoms with Crippen LogP contribution in [0.3, 0.4) is 0 Å². The third kappa shape index (κ3) is 2.68. The van der Waals surface area contributed by atoms with Crippen molar-refractivity contribution in [1.82, 2.24) is 4.98 Å². The average molecular weight is 278 g/mol. The van der Waals surface area contributed by atoms with Crippen molar-refractivity contribution in [3.05, 3.63) is 53.7 Å². The van der Waals surface area contributed by atoms with Crippen molar-refractivity contribution in [2.45, 2.75) is 18.3 Å². The number of hydrogen-bond donors (Lipinski definition) is 1. The fraction of sp³-hybridized carbons (Fsp3) is 0.286. The molecule has 1 heterocycles. The number of oxazole rings is 1. The summed E-state index contributed by atoms with van der Waals surface area (Å²) in [5, 5.41) is 18.4. The Balaban J connectivity index is 2.44. The zero-order valence-corrected chi connectivity index (χ0v) is 10.5. The highest BCUT2D eigenvalue weighted by molar-refractivity contribution is 5.31.